The summed E-state index contributed by atoms with van der Waals surface area (Å²) in [5.74, 6) is 0. The summed E-state index contributed by atoms with van der Waals surface area (Å²) in [4.78, 5) is 0. The lowest BCUT2D eigenvalue weighted by Crippen LogP contribution is -2.36. The molecule has 2 unspecified atom stereocenters. The van der Waals surface area contributed by atoms with Gasteiger partial charge >= 0.3 is 0 Å². The highest BCUT2D eigenvalue weighted by Crippen LogP contribution is 2.19. The molecule has 1 saturated carbocycles. The van der Waals surface area contributed by atoms with Crippen LogP contribution in [0.3, 0.4) is 0 Å². The zero-order chi connectivity index (χ0) is 10.4. The molecule has 0 aliphatic heterocycles. The first kappa shape index (κ1) is 11.7. The minimum Gasteiger partial charge on any atom is -0.372 e. The SMILES string of the molecule is C=C(CC)COC1CCCCCC1N. The van der Waals surface area contributed by atoms with Crippen LogP contribution < -0.4 is 5.73 Å². The van der Waals surface area contributed by atoms with Gasteiger partial charge in [-0.1, -0.05) is 38.3 Å². The third-order valence-corrected chi connectivity index (χ3v) is 3.01. The summed E-state index contributed by atoms with van der Waals surface area (Å²) in [6.45, 7) is 6.74. The molecule has 0 heterocycles. The molecule has 0 aromatic rings. The molecule has 2 nitrogen and oxygen atoms in total. The Kier molecular flexibility index (Phi) is 5.20. The largest absolute Gasteiger partial charge is 0.372 e. The molecule has 0 saturated heterocycles. The van der Waals surface area contributed by atoms with Crippen LogP contribution >= 0.6 is 0 Å². The van der Waals surface area contributed by atoms with E-state index in [1.165, 1.54) is 24.8 Å². The van der Waals surface area contributed by atoms with Crippen LogP contribution in [0, 0.1) is 0 Å². The Morgan fingerprint density at radius 3 is 2.79 bits per heavy atom. The van der Waals surface area contributed by atoms with E-state index in [-0.39, 0.29) is 12.1 Å². The van der Waals surface area contributed by atoms with Gasteiger partial charge < -0.3 is 10.5 Å². The van der Waals surface area contributed by atoms with Gasteiger partial charge in [-0.3, -0.25) is 0 Å². The molecule has 0 spiro atoms. The molecule has 2 heteroatoms. The van der Waals surface area contributed by atoms with Crippen LogP contribution in [0.25, 0.3) is 0 Å². The molecule has 0 aromatic carbocycles. The predicted molar refractivity (Wildman–Crippen MR) is 60.2 cm³/mol. The zero-order valence-electron chi connectivity index (χ0n) is 9.30. The normalized spacial score (nSPS) is 28.4. The molecule has 0 aromatic heterocycles. The molecule has 1 aliphatic carbocycles. The van der Waals surface area contributed by atoms with Gasteiger partial charge in [0, 0.05) is 6.04 Å². The van der Waals surface area contributed by atoms with Crippen LogP contribution in [0.5, 0.6) is 0 Å². The Labute approximate surface area is 87.5 Å². The summed E-state index contributed by atoms with van der Waals surface area (Å²) in [5, 5.41) is 0. The second-order valence-corrected chi connectivity index (χ2v) is 4.25. The minimum absolute atomic E-state index is 0.238. The fourth-order valence-corrected chi connectivity index (χ4v) is 1.84. The van der Waals surface area contributed by atoms with Gasteiger partial charge in [0.1, 0.15) is 0 Å². The summed E-state index contributed by atoms with van der Waals surface area (Å²) in [6, 6.07) is 0.238. The quantitative estimate of drug-likeness (QED) is 0.555. The highest BCUT2D eigenvalue weighted by molar-refractivity contribution is 4.93. The number of rotatable bonds is 4. The monoisotopic (exact) mass is 197 g/mol. The molecule has 14 heavy (non-hydrogen) atoms. The van der Waals surface area contributed by atoms with Gasteiger partial charge in [0.05, 0.1) is 12.7 Å². The molecule has 82 valence electrons. The standard InChI is InChI=1S/C12H23NO/c1-3-10(2)9-14-12-8-6-4-5-7-11(12)13/h11-12H,2-9,13H2,1H3. The topological polar surface area (TPSA) is 35.2 Å². The zero-order valence-corrected chi connectivity index (χ0v) is 9.30. The summed E-state index contributed by atoms with van der Waals surface area (Å²) >= 11 is 0. The Balaban J connectivity index is 2.29. The maximum absolute atomic E-state index is 6.05. The van der Waals surface area contributed by atoms with Gasteiger partial charge in [-0.2, -0.15) is 0 Å². The Morgan fingerprint density at radius 1 is 1.36 bits per heavy atom. The van der Waals surface area contributed by atoms with E-state index in [4.69, 9.17) is 10.5 Å². The van der Waals surface area contributed by atoms with Crippen molar-refractivity contribution in [1.82, 2.24) is 0 Å². The second-order valence-electron chi connectivity index (χ2n) is 4.25. The van der Waals surface area contributed by atoms with Crippen molar-refractivity contribution < 1.29 is 4.74 Å². The number of ether oxygens (including phenoxy) is 1. The molecule has 2 N–H and O–H groups in total. The first-order valence-corrected chi connectivity index (χ1v) is 5.78. The van der Waals surface area contributed by atoms with Crippen LogP contribution in [-0.2, 0) is 4.74 Å². The first-order chi connectivity index (χ1) is 6.74. The van der Waals surface area contributed by atoms with E-state index in [1.807, 2.05) is 0 Å². The average Bonchev–Trinajstić information content (AvgIpc) is 2.39. The van der Waals surface area contributed by atoms with Crippen molar-refractivity contribution in [3.63, 3.8) is 0 Å². The van der Waals surface area contributed by atoms with Crippen LogP contribution in [0.1, 0.15) is 45.4 Å². The molecule has 0 radical (unpaired) electrons. The summed E-state index contributed by atoms with van der Waals surface area (Å²) < 4.78 is 5.80. The van der Waals surface area contributed by atoms with Gasteiger partial charge in [-0.15, -0.1) is 0 Å². The van der Waals surface area contributed by atoms with Crippen molar-refractivity contribution >= 4 is 0 Å². The molecular formula is C12H23NO. The van der Waals surface area contributed by atoms with E-state index in [0.717, 1.165) is 19.3 Å². The molecule has 0 bridgehead atoms. The molecule has 1 fully saturated rings. The van der Waals surface area contributed by atoms with Gasteiger partial charge in [0.15, 0.2) is 0 Å². The van der Waals surface area contributed by atoms with E-state index in [0.29, 0.717) is 6.61 Å². The number of nitrogens with two attached hydrogens (primary N) is 1. The van der Waals surface area contributed by atoms with Crippen LogP contribution in [0.4, 0.5) is 0 Å². The lowest BCUT2D eigenvalue weighted by atomic mass is 10.1. The van der Waals surface area contributed by atoms with E-state index in [1.54, 1.807) is 0 Å². The van der Waals surface area contributed by atoms with E-state index in [9.17, 15) is 0 Å². The highest BCUT2D eigenvalue weighted by Gasteiger charge is 2.20. The summed E-state index contributed by atoms with van der Waals surface area (Å²) in [6.07, 6.45) is 7.33. The fourth-order valence-electron chi connectivity index (χ4n) is 1.84. The van der Waals surface area contributed by atoms with E-state index < -0.39 is 0 Å². The van der Waals surface area contributed by atoms with E-state index >= 15 is 0 Å². The summed E-state index contributed by atoms with van der Waals surface area (Å²) in [5.41, 5.74) is 7.22. The second kappa shape index (κ2) is 6.20. The Bertz CT molecular complexity index is 179. The van der Waals surface area contributed by atoms with Crippen molar-refractivity contribution in [3.8, 4) is 0 Å². The molecule has 1 aliphatic rings. The third-order valence-electron chi connectivity index (χ3n) is 3.01. The average molecular weight is 197 g/mol. The fraction of sp³-hybridized carbons (Fsp3) is 0.833. The van der Waals surface area contributed by atoms with Gasteiger partial charge in [0.25, 0.3) is 0 Å². The highest BCUT2D eigenvalue weighted by atomic mass is 16.5. The maximum Gasteiger partial charge on any atom is 0.0730 e. The number of hydrogen-bond donors (Lipinski definition) is 1. The smallest absolute Gasteiger partial charge is 0.0730 e. The summed E-state index contributed by atoms with van der Waals surface area (Å²) in [7, 11) is 0. The van der Waals surface area contributed by atoms with Crippen molar-refractivity contribution in [3.05, 3.63) is 12.2 Å². The Morgan fingerprint density at radius 2 is 2.07 bits per heavy atom. The van der Waals surface area contributed by atoms with Crippen LogP contribution in [0.15, 0.2) is 12.2 Å². The maximum atomic E-state index is 6.05. The van der Waals surface area contributed by atoms with Crippen LogP contribution in [0.2, 0.25) is 0 Å². The molecule has 1 rings (SSSR count). The lowest BCUT2D eigenvalue weighted by Gasteiger charge is -2.22. The van der Waals surface area contributed by atoms with Crippen molar-refractivity contribution in [2.24, 2.45) is 5.73 Å². The van der Waals surface area contributed by atoms with Gasteiger partial charge in [-0.05, 0) is 19.3 Å². The number of hydrogen-bond acceptors (Lipinski definition) is 2. The van der Waals surface area contributed by atoms with Gasteiger partial charge in [0.2, 0.25) is 0 Å². The van der Waals surface area contributed by atoms with Crippen molar-refractivity contribution in [2.75, 3.05) is 6.61 Å². The Hall–Kier alpha value is -0.340. The third kappa shape index (κ3) is 3.81. The molecule has 2 atom stereocenters. The molecule has 0 amide bonds. The van der Waals surface area contributed by atoms with Gasteiger partial charge in [-0.25, -0.2) is 0 Å². The lowest BCUT2D eigenvalue weighted by molar-refractivity contribution is 0.0451. The minimum atomic E-state index is 0.238. The molecular weight excluding hydrogens is 174 g/mol. The first-order valence-electron chi connectivity index (χ1n) is 5.78. The van der Waals surface area contributed by atoms with Crippen LogP contribution in [-0.4, -0.2) is 18.8 Å². The van der Waals surface area contributed by atoms with Crippen molar-refractivity contribution in [1.29, 1.82) is 0 Å². The van der Waals surface area contributed by atoms with Crippen molar-refractivity contribution in [2.45, 2.75) is 57.6 Å². The predicted octanol–water partition coefficient (Wildman–Crippen LogP) is 2.63. The van der Waals surface area contributed by atoms with E-state index in [2.05, 4.69) is 13.5 Å².